The first-order chi connectivity index (χ1) is 27.8. The van der Waals surface area contributed by atoms with Crippen LogP contribution in [0.1, 0.15) is 92.4 Å². The number of carbonyl (C=O) groups is 9. The number of hydrogen-bond acceptors (Lipinski definition) is 11. The summed E-state index contributed by atoms with van der Waals surface area (Å²) in [6, 6.07) is -8.25. The maximum atomic E-state index is 14.3. The first kappa shape index (κ1) is 48.9. The molecule has 9 atom stereocenters. The average molecular weight is 852 g/mol. The number of amides is 9. The molecule has 0 aromatic heterocycles. The van der Waals surface area contributed by atoms with E-state index in [2.05, 4.69) is 26.6 Å². The number of aliphatic hydroxyl groups excluding tert-OH is 1. The van der Waals surface area contributed by atoms with E-state index in [9.17, 15) is 48.3 Å². The zero-order chi connectivity index (χ0) is 44.1. The smallest absolute Gasteiger partial charge is 0.248 e. The Balaban J connectivity index is 2.10. The molecule has 0 spiro atoms. The molecular weight excluding hydrogens is 787 g/mol. The molecule has 19 nitrogen and oxygen atoms in total. The van der Waals surface area contributed by atoms with Gasteiger partial charge in [0.1, 0.15) is 42.3 Å². The van der Waals surface area contributed by atoms with E-state index in [0.717, 1.165) is 4.90 Å². The lowest BCUT2D eigenvalue weighted by atomic mass is 9.97. The van der Waals surface area contributed by atoms with Crippen LogP contribution in [-0.4, -0.2) is 160 Å². The molecule has 0 aromatic carbocycles. The molecule has 0 radical (unpaired) electrons. The van der Waals surface area contributed by atoms with Crippen molar-refractivity contribution in [3.8, 4) is 0 Å². The molecule has 3 rings (SSSR count). The van der Waals surface area contributed by atoms with Gasteiger partial charge in [0.05, 0.1) is 12.6 Å². The topological polar surface area (TPSA) is 270 Å². The molecule has 3 fully saturated rings. The van der Waals surface area contributed by atoms with E-state index < -0.39 is 114 Å². The van der Waals surface area contributed by atoms with Crippen LogP contribution in [0.5, 0.6) is 0 Å². The van der Waals surface area contributed by atoms with Crippen molar-refractivity contribution in [2.24, 2.45) is 17.6 Å². The fourth-order valence-electron chi connectivity index (χ4n) is 7.63. The Hall–Kier alpha value is -4.46. The molecule has 8 N–H and O–H groups in total. The standard InChI is InChI=1S/C39H65N9O10S/c1-8-22(4)31-36(55)45-32(23(5)49)39(58)46(6)20-30(51)41-26(19-21(2)3)34(53)42-24(15-18-59-7)33(52)43-25(13-14-29(40)50)37(56)48-17-10-12-28(48)38(57)47-16-9-11-27(47)35(54)44-31/h21-28,31-32,49H,8-20H2,1-7H3,(H2,40,50)(H,41,51)(H,42,53)(H,43,52)(H,44,54)(H,45,55)/t22-,23+,24+,25+,26+,27+,28+,31+,32+/m1/s1. The maximum absolute atomic E-state index is 14.3. The zero-order valence-corrected chi connectivity index (χ0v) is 36.2. The highest BCUT2D eigenvalue weighted by Gasteiger charge is 2.45. The van der Waals surface area contributed by atoms with Crippen LogP contribution < -0.4 is 32.3 Å². The number of fused-ring (bicyclic) bond motifs is 2. The van der Waals surface area contributed by atoms with E-state index in [-0.39, 0.29) is 57.5 Å². The molecule has 0 bridgehead atoms. The number of thioether (sulfide) groups is 1. The summed E-state index contributed by atoms with van der Waals surface area (Å²) in [6.45, 7) is 8.33. The van der Waals surface area contributed by atoms with Crippen LogP contribution in [0.25, 0.3) is 0 Å². The van der Waals surface area contributed by atoms with E-state index >= 15 is 0 Å². The van der Waals surface area contributed by atoms with Crippen LogP contribution >= 0.6 is 11.8 Å². The highest BCUT2D eigenvalue weighted by molar-refractivity contribution is 7.98. The third-order valence-electron chi connectivity index (χ3n) is 11.2. The van der Waals surface area contributed by atoms with Crippen molar-refractivity contribution >= 4 is 64.9 Å². The predicted molar refractivity (Wildman–Crippen MR) is 219 cm³/mol. The van der Waals surface area contributed by atoms with Crippen molar-refractivity contribution < 1.29 is 48.3 Å². The minimum absolute atomic E-state index is 0.104. The van der Waals surface area contributed by atoms with E-state index in [1.54, 1.807) is 6.92 Å². The minimum atomic E-state index is -1.51. The summed E-state index contributed by atoms with van der Waals surface area (Å²) in [6.07, 6.45) is 2.19. The SMILES string of the molecule is CC[C@@H](C)[C@@H]1NC(=O)[C@@H]2CCCN2C(=O)[C@@H]2CCCN2C(=O)[C@H](CCC(N)=O)NC(=O)[C@H](CCSC)NC(=O)[C@H](CC(C)C)NC(=O)CN(C)C(=O)[C@H]([C@H](C)O)NC1=O. The van der Waals surface area contributed by atoms with Crippen LogP contribution in [0.4, 0.5) is 0 Å². The largest absolute Gasteiger partial charge is 0.391 e. The lowest BCUT2D eigenvalue weighted by molar-refractivity contribution is -0.148. The Morgan fingerprint density at radius 1 is 0.746 bits per heavy atom. The number of primary amides is 1. The number of nitrogens with one attached hydrogen (secondary N) is 5. The Morgan fingerprint density at radius 3 is 1.90 bits per heavy atom. The monoisotopic (exact) mass is 851 g/mol. The molecule has 0 unspecified atom stereocenters. The van der Waals surface area contributed by atoms with Crippen molar-refractivity contribution in [1.29, 1.82) is 0 Å². The summed E-state index contributed by atoms with van der Waals surface area (Å²) in [5.41, 5.74) is 5.45. The molecule has 0 aliphatic carbocycles. The summed E-state index contributed by atoms with van der Waals surface area (Å²) in [4.78, 5) is 127. The summed E-state index contributed by atoms with van der Waals surface area (Å²) < 4.78 is 0. The van der Waals surface area contributed by atoms with Crippen LogP contribution in [-0.2, 0) is 43.2 Å². The van der Waals surface area contributed by atoms with Gasteiger partial charge in [0.25, 0.3) is 0 Å². The minimum Gasteiger partial charge on any atom is -0.391 e. The third-order valence-corrected chi connectivity index (χ3v) is 11.8. The first-order valence-electron chi connectivity index (χ1n) is 20.6. The van der Waals surface area contributed by atoms with E-state index in [0.29, 0.717) is 25.0 Å². The summed E-state index contributed by atoms with van der Waals surface area (Å²) in [5.74, 6) is -6.22. The second-order valence-corrected chi connectivity index (χ2v) is 17.3. The van der Waals surface area contributed by atoms with Crippen molar-refractivity contribution in [2.75, 3.05) is 38.7 Å². The predicted octanol–water partition coefficient (Wildman–Crippen LogP) is -1.64. The molecule has 3 saturated heterocycles. The van der Waals surface area contributed by atoms with Gasteiger partial charge in [-0.25, -0.2) is 0 Å². The van der Waals surface area contributed by atoms with E-state index in [1.165, 1.54) is 35.5 Å². The Kier molecular flexibility index (Phi) is 18.9. The van der Waals surface area contributed by atoms with E-state index in [1.807, 2.05) is 27.0 Å². The molecule has 20 heteroatoms. The molecule has 3 aliphatic rings. The van der Waals surface area contributed by atoms with Gasteiger partial charge in [0, 0.05) is 26.6 Å². The van der Waals surface area contributed by atoms with Gasteiger partial charge < -0.3 is 52.1 Å². The highest BCUT2D eigenvalue weighted by atomic mass is 32.2. The van der Waals surface area contributed by atoms with Crippen LogP contribution in [0.15, 0.2) is 0 Å². The van der Waals surface area contributed by atoms with Gasteiger partial charge >= 0.3 is 0 Å². The fourth-order valence-corrected chi connectivity index (χ4v) is 8.10. The number of hydrogen-bond donors (Lipinski definition) is 7. The van der Waals surface area contributed by atoms with Crippen LogP contribution in [0, 0.1) is 11.8 Å². The van der Waals surface area contributed by atoms with Crippen LogP contribution in [0.3, 0.4) is 0 Å². The number of nitrogens with two attached hydrogens (primary N) is 1. The molecule has 59 heavy (non-hydrogen) atoms. The molecule has 9 amide bonds. The maximum Gasteiger partial charge on any atom is 0.248 e. The van der Waals surface area contributed by atoms with Crippen molar-refractivity contribution in [1.82, 2.24) is 41.3 Å². The normalized spacial score (nSPS) is 28.5. The number of likely N-dealkylation sites (N-methyl/N-ethyl adjacent to an activating group) is 1. The molecule has 3 aliphatic heterocycles. The number of aliphatic hydroxyl groups is 1. The summed E-state index contributed by atoms with van der Waals surface area (Å²) in [7, 11) is 1.30. The third kappa shape index (κ3) is 13.5. The van der Waals surface area contributed by atoms with Gasteiger partial charge in [0.2, 0.25) is 53.2 Å². The molecule has 0 aromatic rings. The second kappa shape index (κ2) is 22.8. The van der Waals surface area contributed by atoms with Crippen LogP contribution in [0.2, 0.25) is 0 Å². The van der Waals surface area contributed by atoms with Gasteiger partial charge in [-0.3, -0.25) is 43.2 Å². The van der Waals surface area contributed by atoms with Gasteiger partial charge in [-0.1, -0.05) is 34.1 Å². The quantitative estimate of drug-likeness (QED) is 0.124. The number of nitrogens with zero attached hydrogens (tertiary/aromatic N) is 3. The fraction of sp³-hybridized carbons (Fsp3) is 0.769. The average Bonchev–Trinajstić information content (AvgIpc) is 3.88. The van der Waals surface area contributed by atoms with Gasteiger partial charge in [0.15, 0.2) is 0 Å². The first-order valence-corrected chi connectivity index (χ1v) is 22.0. The second-order valence-electron chi connectivity index (χ2n) is 16.3. The molecule has 0 saturated carbocycles. The summed E-state index contributed by atoms with van der Waals surface area (Å²) >= 11 is 1.42. The van der Waals surface area contributed by atoms with E-state index in [4.69, 9.17) is 5.73 Å². The lowest BCUT2D eigenvalue weighted by Crippen LogP contribution is -2.62. The lowest BCUT2D eigenvalue weighted by Gasteiger charge is -2.34. The number of carbonyl (C=O) groups excluding carboxylic acids is 9. The highest BCUT2D eigenvalue weighted by Crippen LogP contribution is 2.27. The molecule has 3 heterocycles. The Labute approximate surface area is 350 Å². The van der Waals surface area contributed by atoms with Crippen molar-refractivity contribution in [3.63, 3.8) is 0 Å². The Bertz CT molecular complexity index is 1560. The van der Waals surface area contributed by atoms with Crippen molar-refractivity contribution in [2.45, 2.75) is 141 Å². The van der Waals surface area contributed by atoms with Gasteiger partial charge in [-0.15, -0.1) is 0 Å². The van der Waals surface area contributed by atoms with Crippen molar-refractivity contribution in [3.05, 3.63) is 0 Å². The Morgan fingerprint density at radius 2 is 1.32 bits per heavy atom. The molecular formula is C39H65N9O10S. The molecule has 332 valence electrons. The zero-order valence-electron chi connectivity index (χ0n) is 35.4. The van der Waals surface area contributed by atoms with Gasteiger partial charge in [-0.2, -0.15) is 11.8 Å². The number of rotatable bonds is 11. The summed E-state index contributed by atoms with van der Waals surface area (Å²) in [5, 5.41) is 24.1. The van der Waals surface area contributed by atoms with Gasteiger partial charge in [-0.05, 0) is 75.7 Å².